The molecule has 0 N–H and O–H groups in total. The van der Waals surface area contributed by atoms with Crippen LogP contribution in [-0.2, 0) is 12.3 Å². The predicted octanol–water partition coefficient (Wildman–Crippen LogP) is 5.38. The molecule has 3 heterocycles. The van der Waals surface area contributed by atoms with E-state index in [1.54, 1.807) is 0 Å². The van der Waals surface area contributed by atoms with Gasteiger partial charge in [0, 0.05) is 66.9 Å². The number of rotatable bonds is 10. The third-order valence-corrected chi connectivity index (χ3v) is 8.14. The average molecular weight is 465 g/mol. The molecule has 1 fully saturated rings. The first-order valence-corrected chi connectivity index (χ1v) is 13.3. The van der Waals surface area contributed by atoms with Crippen LogP contribution < -0.4 is 0 Å². The van der Waals surface area contributed by atoms with E-state index in [9.17, 15) is 0 Å². The van der Waals surface area contributed by atoms with Gasteiger partial charge in [0.15, 0.2) is 0 Å². The molecule has 0 amide bonds. The minimum absolute atomic E-state index is 0.900. The van der Waals surface area contributed by atoms with Gasteiger partial charge in [-0.15, -0.1) is 23.5 Å². The molecule has 1 saturated heterocycles. The van der Waals surface area contributed by atoms with Crippen molar-refractivity contribution in [1.29, 1.82) is 0 Å². The van der Waals surface area contributed by atoms with E-state index in [2.05, 4.69) is 75.2 Å². The van der Waals surface area contributed by atoms with Crippen LogP contribution in [0.1, 0.15) is 23.2 Å². The number of benzene rings is 1. The van der Waals surface area contributed by atoms with Crippen molar-refractivity contribution in [3.05, 3.63) is 83.9 Å². The van der Waals surface area contributed by atoms with Crippen LogP contribution in [-0.4, -0.2) is 58.2 Å². The number of pyridine rings is 2. The van der Waals surface area contributed by atoms with Crippen LogP contribution in [0.4, 0.5) is 0 Å². The van der Waals surface area contributed by atoms with Gasteiger partial charge in [0.2, 0.25) is 0 Å². The summed E-state index contributed by atoms with van der Waals surface area (Å²) >= 11 is 3.80. The normalized spacial score (nSPS) is 15.2. The Bertz CT molecular complexity index is 945. The highest BCUT2D eigenvalue weighted by Gasteiger charge is 2.16. The summed E-state index contributed by atoms with van der Waals surface area (Å²) in [7, 11) is 0. The molecule has 0 bridgehead atoms. The van der Waals surface area contributed by atoms with Crippen LogP contribution in [0.2, 0.25) is 0 Å². The molecule has 0 aliphatic carbocycles. The number of thioether (sulfide) groups is 2. The van der Waals surface area contributed by atoms with Crippen molar-refractivity contribution in [2.24, 2.45) is 0 Å². The summed E-state index contributed by atoms with van der Waals surface area (Å²) in [4.78, 5) is 16.5. The Kier molecular flexibility index (Phi) is 9.03. The lowest BCUT2D eigenvalue weighted by Crippen LogP contribution is -2.46. The highest BCUT2D eigenvalue weighted by atomic mass is 32.2. The molecule has 32 heavy (non-hydrogen) atoms. The molecule has 6 heteroatoms. The third kappa shape index (κ3) is 7.07. The molecule has 0 atom stereocenters. The highest BCUT2D eigenvalue weighted by Crippen LogP contribution is 2.28. The maximum atomic E-state index is 4.63. The van der Waals surface area contributed by atoms with Crippen LogP contribution in [0.3, 0.4) is 0 Å². The van der Waals surface area contributed by atoms with Gasteiger partial charge in [-0.3, -0.25) is 14.9 Å². The Hall–Kier alpha value is -1.86. The standard InChI is InChI=1S/C26H32N4S2/c1-22-25(21-32-24-8-11-27-12-9-24)28-13-10-26(22)31-19-5-14-29-15-17-30(18-16-29)20-23-6-3-2-4-7-23/h2-4,6-13H,5,14-21H2,1H3. The fraction of sp³-hybridized carbons (Fsp3) is 0.385. The van der Waals surface area contributed by atoms with E-state index in [-0.39, 0.29) is 0 Å². The van der Waals surface area contributed by atoms with Crippen molar-refractivity contribution in [3.63, 3.8) is 0 Å². The van der Waals surface area contributed by atoms with Gasteiger partial charge in [-0.1, -0.05) is 30.3 Å². The summed E-state index contributed by atoms with van der Waals surface area (Å²) in [5, 5.41) is 0. The molecule has 168 valence electrons. The van der Waals surface area contributed by atoms with Gasteiger partial charge >= 0.3 is 0 Å². The summed E-state index contributed by atoms with van der Waals surface area (Å²) in [5.74, 6) is 2.06. The van der Waals surface area contributed by atoms with Crippen LogP contribution in [0, 0.1) is 6.92 Å². The molecule has 1 aliphatic heterocycles. The topological polar surface area (TPSA) is 32.3 Å². The SMILES string of the molecule is Cc1c(SCCCN2CCN(Cc3ccccc3)CC2)ccnc1CSc1ccncc1. The lowest BCUT2D eigenvalue weighted by Gasteiger charge is -2.34. The number of nitrogens with zero attached hydrogens (tertiary/aromatic N) is 4. The number of aromatic nitrogens is 2. The first-order chi connectivity index (χ1) is 15.8. The molecule has 0 radical (unpaired) electrons. The van der Waals surface area contributed by atoms with E-state index in [0.29, 0.717) is 0 Å². The number of hydrogen-bond acceptors (Lipinski definition) is 6. The van der Waals surface area contributed by atoms with E-state index in [0.717, 1.165) is 18.1 Å². The Morgan fingerprint density at radius 3 is 2.38 bits per heavy atom. The summed E-state index contributed by atoms with van der Waals surface area (Å²) in [5.41, 5.74) is 3.93. The van der Waals surface area contributed by atoms with Crippen molar-refractivity contribution in [3.8, 4) is 0 Å². The van der Waals surface area contributed by atoms with Gasteiger partial charge in [0.25, 0.3) is 0 Å². The Morgan fingerprint density at radius 1 is 0.844 bits per heavy atom. The molecule has 1 aliphatic rings. The fourth-order valence-corrected chi connectivity index (χ4v) is 5.82. The van der Waals surface area contributed by atoms with Crippen molar-refractivity contribution < 1.29 is 0 Å². The number of hydrogen-bond donors (Lipinski definition) is 0. The van der Waals surface area contributed by atoms with Crippen molar-refractivity contribution in [2.75, 3.05) is 38.5 Å². The molecular weight excluding hydrogens is 432 g/mol. The first-order valence-electron chi connectivity index (χ1n) is 11.4. The van der Waals surface area contributed by atoms with Gasteiger partial charge in [-0.25, -0.2) is 0 Å². The first kappa shape index (κ1) is 23.3. The van der Waals surface area contributed by atoms with Gasteiger partial charge < -0.3 is 4.90 Å². The minimum Gasteiger partial charge on any atom is -0.301 e. The zero-order chi connectivity index (χ0) is 22.0. The third-order valence-electron chi connectivity index (χ3n) is 5.87. The molecule has 4 rings (SSSR count). The van der Waals surface area contributed by atoms with Gasteiger partial charge in [0.05, 0.1) is 5.69 Å². The monoisotopic (exact) mass is 464 g/mol. The zero-order valence-electron chi connectivity index (χ0n) is 18.8. The van der Waals surface area contributed by atoms with Gasteiger partial charge in [-0.05, 0) is 55.0 Å². The molecule has 2 aromatic heterocycles. The maximum absolute atomic E-state index is 4.63. The van der Waals surface area contributed by atoms with E-state index < -0.39 is 0 Å². The Balaban J connectivity index is 1.16. The molecule has 4 nitrogen and oxygen atoms in total. The second-order valence-corrected chi connectivity index (χ2v) is 10.3. The summed E-state index contributed by atoms with van der Waals surface area (Å²) in [6.45, 7) is 9.19. The van der Waals surface area contributed by atoms with Gasteiger partial charge in [0.1, 0.15) is 0 Å². The van der Waals surface area contributed by atoms with Crippen LogP contribution in [0.5, 0.6) is 0 Å². The largest absolute Gasteiger partial charge is 0.301 e. The van der Waals surface area contributed by atoms with E-state index in [1.807, 2.05) is 42.1 Å². The quantitative estimate of drug-likeness (QED) is 0.296. The Morgan fingerprint density at radius 2 is 1.59 bits per heavy atom. The van der Waals surface area contributed by atoms with E-state index in [1.165, 1.54) is 65.8 Å². The molecule has 0 saturated carbocycles. The molecule has 3 aromatic rings. The zero-order valence-corrected chi connectivity index (χ0v) is 20.5. The predicted molar refractivity (Wildman–Crippen MR) is 136 cm³/mol. The molecule has 0 unspecified atom stereocenters. The van der Waals surface area contributed by atoms with E-state index in [4.69, 9.17) is 0 Å². The van der Waals surface area contributed by atoms with Crippen molar-refractivity contribution in [2.45, 2.75) is 35.4 Å². The second-order valence-electron chi connectivity index (χ2n) is 8.16. The summed E-state index contributed by atoms with van der Waals surface area (Å²) < 4.78 is 0. The fourth-order valence-electron chi connectivity index (χ4n) is 3.93. The smallest absolute Gasteiger partial charge is 0.0546 e. The van der Waals surface area contributed by atoms with Crippen LogP contribution in [0.15, 0.2) is 76.9 Å². The highest BCUT2D eigenvalue weighted by molar-refractivity contribution is 7.99. The lowest BCUT2D eigenvalue weighted by molar-refractivity contribution is 0.127. The van der Waals surface area contributed by atoms with Crippen molar-refractivity contribution in [1.82, 2.24) is 19.8 Å². The minimum atomic E-state index is 0.900. The van der Waals surface area contributed by atoms with Crippen LogP contribution in [0.25, 0.3) is 0 Å². The maximum Gasteiger partial charge on any atom is 0.0546 e. The second kappa shape index (κ2) is 12.4. The molecule has 0 spiro atoms. The van der Waals surface area contributed by atoms with Crippen LogP contribution >= 0.6 is 23.5 Å². The summed E-state index contributed by atoms with van der Waals surface area (Å²) in [6, 6.07) is 17.1. The van der Waals surface area contributed by atoms with E-state index >= 15 is 0 Å². The lowest BCUT2D eigenvalue weighted by atomic mass is 10.2. The average Bonchev–Trinajstić information content (AvgIpc) is 2.84. The number of piperazine rings is 1. The summed E-state index contributed by atoms with van der Waals surface area (Å²) in [6.07, 6.45) is 6.88. The molecular formula is C26H32N4S2. The molecule has 1 aromatic carbocycles. The van der Waals surface area contributed by atoms with Crippen molar-refractivity contribution >= 4 is 23.5 Å². The Labute approximate surface area is 200 Å². The van der Waals surface area contributed by atoms with Gasteiger partial charge in [-0.2, -0.15) is 0 Å².